The van der Waals surface area contributed by atoms with Crippen molar-refractivity contribution in [2.45, 2.75) is 45.1 Å². The van der Waals surface area contributed by atoms with Gasteiger partial charge in [0.25, 0.3) is 0 Å². The van der Waals surface area contributed by atoms with Crippen LogP contribution in [0.15, 0.2) is 59.4 Å². The zero-order valence-electron chi connectivity index (χ0n) is 20.0. The summed E-state index contributed by atoms with van der Waals surface area (Å²) in [7, 11) is 0. The molecule has 0 atom stereocenters. The standard InChI is InChI=1S/C27H27N7O2/c1-2-16-6-5-7-17(12-16)31-27(35)32-18-10-11-21-22(13-18)36-26(33-21)20-14-34(19-8-3-4-9-19)25-23(20)24(28)29-15-30-25/h5-7,10-15,19H,2-4,8-9H2,1H3,(H2,28,29,30)(H2,31,32,35). The van der Waals surface area contributed by atoms with Crippen molar-refractivity contribution in [2.24, 2.45) is 0 Å². The van der Waals surface area contributed by atoms with E-state index in [9.17, 15) is 4.79 Å². The maximum atomic E-state index is 12.6. The fraction of sp³-hybridized carbons (Fsp3) is 0.259. The first kappa shape index (κ1) is 22.1. The van der Waals surface area contributed by atoms with Crippen LogP contribution in [0, 0.1) is 0 Å². The van der Waals surface area contributed by atoms with Crippen molar-refractivity contribution in [2.75, 3.05) is 16.4 Å². The molecule has 0 radical (unpaired) electrons. The van der Waals surface area contributed by atoms with Gasteiger partial charge >= 0.3 is 6.03 Å². The Morgan fingerprint density at radius 1 is 1.11 bits per heavy atom. The molecule has 1 aliphatic carbocycles. The van der Waals surface area contributed by atoms with E-state index in [1.54, 1.807) is 12.1 Å². The van der Waals surface area contributed by atoms with Crippen molar-refractivity contribution in [1.82, 2.24) is 19.5 Å². The number of aryl methyl sites for hydroxylation is 1. The fourth-order valence-electron chi connectivity index (χ4n) is 5.01. The zero-order valence-corrected chi connectivity index (χ0v) is 20.0. The van der Waals surface area contributed by atoms with Gasteiger partial charge in [-0.15, -0.1) is 0 Å². The summed E-state index contributed by atoms with van der Waals surface area (Å²) in [6.45, 7) is 2.08. The third kappa shape index (κ3) is 4.02. The Labute approximate surface area is 207 Å². The number of carbonyl (C=O) groups is 1. The van der Waals surface area contributed by atoms with Crippen LogP contribution in [0.5, 0.6) is 0 Å². The van der Waals surface area contributed by atoms with E-state index in [1.807, 2.05) is 36.5 Å². The molecule has 3 heterocycles. The monoisotopic (exact) mass is 481 g/mol. The molecule has 4 N–H and O–H groups in total. The lowest BCUT2D eigenvalue weighted by atomic mass is 10.1. The Balaban J connectivity index is 1.30. The quantitative estimate of drug-likeness (QED) is 0.277. The number of carbonyl (C=O) groups excluding carboxylic acids is 1. The number of aromatic nitrogens is 4. The van der Waals surface area contributed by atoms with Crippen LogP contribution in [0.2, 0.25) is 0 Å². The summed E-state index contributed by atoms with van der Waals surface area (Å²) in [5.41, 5.74) is 11.6. The number of nitrogens with zero attached hydrogens (tertiary/aromatic N) is 4. The molecule has 182 valence electrons. The molecule has 9 heteroatoms. The Hall–Kier alpha value is -4.40. The zero-order chi connectivity index (χ0) is 24.6. The molecule has 9 nitrogen and oxygen atoms in total. The van der Waals surface area contributed by atoms with Gasteiger partial charge < -0.3 is 25.4 Å². The number of nitrogens with one attached hydrogen (secondary N) is 2. The number of amides is 2. The van der Waals surface area contributed by atoms with E-state index in [-0.39, 0.29) is 6.03 Å². The molecule has 0 saturated heterocycles. The number of hydrogen-bond donors (Lipinski definition) is 3. The summed E-state index contributed by atoms with van der Waals surface area (Å²) >= 11 is 0. The highest BCUT2D eigenvalue weighted by Crippen LogP contribution is 2.39. The predicted octanol–water partition coefficient (Wildman–Crippen LogP) is 6.14. The van der Waals surface area contributed by atoms with Gasteiger partial charge in [0.15, 0.2) is 5.58 Å². The third-order valence-corrected chi connectivity index (χ3v) is 6.83. The molecule has 0 unspecified atom stereocenters. The summed E-state index contributed by atoms with van der Waals surface area (Å²) in [6, 6.07) is 13.2. The molecule has 36 heavy (non-hydrogen) atoms. The Morgan fingerprint density at radius 3 is 2.72 bits per heavy atom. The number of anilines is 3. The number of benzene rings is 2. The minimum atomic E-state index is -0.327. The van der Waals surface area contributed by atoms with E-state index in [4.69, 9.17) is 15.1 Å². The first-order valence-electron chi connectivity index (χ1n) is 12.3. The van der Waals surface area contributed by atoms with Crippen LogP contribution in [0.25, 0.3) is 33.6 Å². The molecule has 2 amide bonds. The van der Waals surface area contributed by atoms with Gasteiger partial charge in [0.1, 0.15) is 23.3 Å². The molecule has 1 saturated carbocycles. The first-order chi connectivity index (χ1) is 17.6. The molecule has 1 aliphatic rings. The van der Waals surface area contributed by atoms with E-state index < -0.39 is 0 Å². The molecule has 2 aromatic carbocycles. The summed E-state index contributed by atoms with van der Waals surface area (Å²) in [5, 5.41) is 6.49. The molecule has 6 rings (SSSR count). The van der Waals surface area contributed by atoms with E-state index in [1.165, 1.54) is 19.2 Å². The molecule has 3 aromatic heterocycles. The third-order valence-electron chi connectivity index (χ3n) is 6.83. The summed E-state index contributed by atoms with van der Waals surface area (Å²) in [4.78, 5) is 26.0. The second-order valence-corrected chi connectivity index (χ2v) is 9.18. The van der Waals surface area contributed by atoms with Gasteiger partial charge in [-0.05, 0) is 49.1 Å². The molecule has 0 spiro atoms. The van der Waals surface area contributed by atoms with Crippen LogP contribution in [0.1, 0.15) is 44.2 Å². The number of nitrogen functional groups attached to an aromatic ring is 1. The minimum Gasteiger partial charge on any atom is -0.436 e. The average molecular weight is 482 g/mol. The normalized spacial score (nSPS) is 14.0. The van der Waals surface area contributed by atoms with Crippen LogP contribution in [0.4, 0.5) is 22.0 Å². The smallest absolute Gasteiger partial charge is 0.323 e. The van der Waals surface area contributed by atoms with Crippen molar-refractivity contribution in [3.05, 3.63) is 60.6 Å². The highest BCUT2D eigenvalue weighted by atomic mass is 16.3. The van der Waals surface area contributed by atoms with Gasteiger partial charge in [0, 0.05) is 29.7 Å². The van der Waals surface area contributed by atoms with E-state index in [0.29, 0.717) is 34.5 Å². The Morgan fingerprint density at radius 2 is 1.92 bits per heavy atom. The van der Waals surface area contributed by atoms with Crippen molar-refractivity contribution >= 4 is 45.4 Å². The number of oxazole rings is 1. The number of hydrogen-bond acceptors (Lipinski definition) is 6. The van der Waals surface area contributed by atoms with Gasteiger partial charge in [-0.2, -0.15) is 0 Å². The number of rotatable bonds is 5. The second kappa shape index (κ2) is 8.99. The molecule has 0 bridgehead atoms. The van der Waals surface area contributed by atoms with E-state index in [2.05, 4.69) is 32.1 Å². The highest BCUT2D eigenvalue weighted by molar-refractivity contribution is 6.02. The van der Waals surface area contributed by atoms with Gasteiger partial charge in [0.05, 0.1) is 10.9 Å². The lowest BCUT2D eigenvalue weighted by Gasteiger charge is -2.12. The van der Waals surface area contributed by atoms with Gasteiger partial charge in [0.2, 0.25) is 5.89 Å². The Bertz CT molecular complexity index is 1580. The lowest BCUT2D eigenvalue weighted by Crippen LogP contribution is -2.19. The average Bonchev–Trinajstić information content (AvgIpc) is 3.62. The van der Waals surface area contributed by atoms with Crippen molar-refractivity contribution in [3.8, 4) is 11.5 Å². The molecular formula is C27H27N7O2. The minimum absolute atomic E-state index is 0.327. The lowest BCUT2D eigenvalue weighted by molar-refractivity contribution is 0.262. The maximum absolute atomic E-state index is 12.6. The van der Waals surface area contributed by atoms with Crippen molar-refractivity contribution in [3.63, 3.8) is 0 Å². The number of fused-ring (bicyclic) bond motifs is 2. The van der Waals surface area contributed by atoms with Crippen LogP contribution in [0.3, 0.4) is 0 Å². The summed E-state index contributed by atoms with van der Waals surface area (Å²) < 4.78 is 8.35. The van der Waals surface area contributed by atoms with Crippen LogP contribution in [-0.2, 0) is 6.42 Å². The second-order valence-electron chi connectivity index (χ2n) is 9.18. The highest BCUT2D eigenvalue weighted by Gasteiger charge is 2.25. The molecular weight excluding hydrogens is 454 g/mol. The summed E-state index contributed by atoms with van der Waals surface area (Å²) in [6.07, 6.45) is 9.07. The maximum Gasteiger partial charge on any atom is 0.323 e. The van der Waals surface area contributed by atoms with Crippen LogP contribution in [-0.4, -0.2) is 25.6 Å². The molecule has 5 aromatic rings. The Kier molecular flexibility index (Phi) is 5.52. The van der Waals surface area contributed by atoms with Crippen LogP contribution < -0.4 is 16.4 Å². The van der Waals surface area contributed by atoms with Gasteiger partial charge in [-0.1, -0.05) is 31.9 Å². The molecule has 0 aliphatic heterocycles. The van der Waals surface area contributed by atoms with Crippen molar-refractivity contribution < 1.29 is 9.21 Å². The largest absolute Gasteiger partial charge is 0.436 e. The fourth-order valence-corrected chi connectivity index (χ4v) is 5.01. The number of nitrogens with two attached hydrogens (primary N) is 1. The van der Waals surface area contributed by atoms with E-state index >= 15 is 0 Å². The van der Waals surface area contributed by atoms with Gasteiger partial charge in [-0.3, -0.25) is 0 Å². The number of urea groups is 1. The van der Waals surface area contributed by atoms with E-state index in [0.717, 1.165) is 47.1 Å². The first-order valence-corrected chi connectivity index (χ1v) is 12.3. The van der Waals surface area contributed by atoms with Crippen molar-refractivity contribution in [1.29, 1.82) is 0 Å². The van der Waals surface area contributed by atoms with Gasteiger partial charge in [-0.25, -0.2) is 19.7 Å². The topological polar surface area (TPSA) is 124 Å². The summed E-state index contributed by atoms with van der Waals surface area (Å²) in [5.74, 6) is 0.853. The SMILES string of the molecule is CCc1cccc(NC(=O)Nc2ccc3nc(-c4cn(C5CCCC5)c5ncnc(N)c45)oc3c2)c1. The van der Waals surface area contributed by atoms with Crippen LogP contribution >= 0.6 is 0 Å². The molecule has 1 fully saturated rings. The predicted molar refractivity (Wildman–Crippen MR) is 141 cm³/mol.